The molecule has 0 atom stereocenters. The van der Waals surface area contributed by atoms with E-state index >= 15 is 0 Å². The average Bonchev–Trinajstić information content (AvgIpc) is 2.85. The van der Waals surface area contributed by atoms with Crippen LogP contribution in [0, 0.1) is 0 Å². The first kappa shape index (κ1) is 12.7. The van der Waals surface area contributed by atoms with Crippen LogP contribution < -0.4 is 5.73 Å². The number of benzene rings is 1. The second-order valence-corrected chi connectivity index (χ2v) is 5.24. The van der Waals surface area contributed by atoms with Gasteiger partial charge in [-0.2, -0.15) is 5.10 Å². The molecule has 2 N–H and O–H groups in total. The van der Waals surface area contributed by atoms with E-state index in [2.05, 4.69) is 5.10 Å². The zero-order chi connectivity index (χ0) is 14.1. The summed E-state index contributed by atoms with van der Waals surface area (Å²) in [6.07, 6.45) is 5.19. The normalized spacial score (nSPS) is 14.8. The minimum absolute atomic E-state index is 0.0163. The number of hydrogen-bond acceptors (Lipinski definition) is 3. The van der Waals surface area contributed by atoms with Crippen LogP contribution >= 0.6 is 0 Å². The summed E-state index contributed by atoms with van der Waals surface area (Å²) < 4.78 is 1.68. The Morgan fingerprint density at radius 2 is 2.20 bits per heavy atom. The average molecular weight is 270 g/mol. The van der Waals surface area contributed by atoms with Crippen molar-refractivity contribution < 1.29 is 4.79 Å². The van der Waals surface area contributed by atoms with Gasteiger partial charge in [-0.3, -0.25) is 4.79 Å². The number of hydrogen-bond donors (Lipinski definition) is 1. The summed E-state index contributed by atoms with van der Waals surface area (Å²) in [7, 11) is 1.85. The lowest BCUT2D eigenvalue weighted by atomic mass is 9.92. The van der Waals surface area contributed by atoms with Crippen LogP contribution in [0.5, 0.6) is 0 Å². The van der Waals surface area contributed by atoms with Gasteiger partial charge >= 0.3 is 0 Å². The number of nitrogens with two attached hydrogens (primary N) is 1. The monoisotopic (exact) mass is 270 g/mol. The molecular weight excluding hydrogens is 252 g/mol. The Morgan fingerprint density at radius 3 is 2.85 bits per heavy atom. The maximum atomic E-state index is 12.3. The van der Waals surface area contributed by atoms with Crippen LogP contribution in [-0.2, 0) is 0 Å². The fourth-order valence-electron chi connectivity index (χ4n) is 2.37. The van der Waals surface area contributed by atoms with Crippen molar-refractivity contribution in [3.63, 3.8) is 0 Å². The van der Waals surface area contributed by atoms with Crippen molar-refractivity contribution in [1.82, 2.24) is 14.7 Å². The number of nitrogen functional groups attached to an aromatic ring is 1. The van der Waals surface area contributed by atoms with Crippen molar-refractivity contribution in [2.24, 2.45) is 0 Å². The molecule has 1 aliphatic carbocycles. The summed E-state index contributed by atoms with van der Waals surface area (Å²) in [4.78, 5) is 14.1. The van der Waals surface area contributed by atoms with Crippen molar-refractivity contribution in [2.75, 3.05) is 12.8 Å². The molecule has 20 heavy (non-hydrogen) atoms. The third-order valence-electron chi connectivity index (χ3n) is 3.89. The van der Waals surface area contributed by atoms with Gasteiger partial charge in [0.1, 0.15) is 0 Å². The maximum Gasteiger partial charge on any atom is 0.274 e. The minimum Gasteiger partial charge on any atom is -0.399 e. The molecule has 5 nitrogen and oxygen atoms in total. The molecule has 1 aromatic heterocycles. The molecule has 5 heteroatoms. The van der Waals surface area contributed by atoms with E-state index in [9.17, 15) is 4.79 Å². The molecule has 1 aliphatic rings. The third kappa shape index (κ3) is 2.27. The summed E-state index contributed by atoms with van der Waals surface area (Å²) >= 11 is 0. The lowest BCUT2D eigenvalue weighted by Gasteiger charge is -2.34. The quantitative estimate of drug-likeness (QED) is 0.868. The lowest BCUT2D eigenvalue weighted by Crippen LogP contribution is -2.41. The van der Waals surface area contributed by atoms with Gasteiger partial charge in [-0.1, -0.05) is 6.07 Å². The molecule has 0 spiro atoms. The molecule has 1 heterocycles. The van der Waals surface area contributed by atoms with E-state index in [1.54, 1.807) is 21.8 Å². The first-order valence-corrected chi connectivity index (χ1v) is 6.84. The molecule has 104 valence electrons. The van der Waals surface area contributed by atoms with Gasteiger partial charge in [-0.25, -0.2) is 4.68 Å². The standard InChI is InChI=1S/C15H18N4O/c1-18(12-5-3-6-12)15(20)14-8-9-19(17-14)13-7-2-4-11(16)10-13/h2,4,7-10,12H,3,5-6,16H2,1H3. The zero-order valence-corrected chi connectivity index (χ0v) is 11.5. The van der Waals surface area contributed by atoms with Crippen LogP contribution in [0.3, 0.4) is 0 Å². The Hall–Kier alpha value is -2.30. The SMILES string of the molecule is CN(C(=O)c1ccn(-c2cccc(N)c2)n1)C1CCC1. The smallest absolute Gasteiger partial charge is 0.274 e. The number of aromatic nitrogens is 2. The Balaban J connectivity index is 1.81. The van der Waals surface area contributed by atoms with Gasteiger partial charge in [0.05, 0.1) is 5.69 Å². The second kappa shape index (κ2) is 5.00. The molecule has 1 aromatic carbocycles. The molecular formula is C15H18N4O. The van der Waals surface area contributed by atoms with E-state index in [0.717, 1.165) is 18.5 Å². The van der Waals surface area contributed by atoms with Crippen LogP contribution in [0.2, 0.25) is 0 Å². The van der Waals surface area contributed by atoms with Crippen LogP contribution in [0.1, 0.15) is 29.8 Å². The van der Waals surface area contributed by atoms with Gasteiger partial charge in [0.25, 0.3) is 5.91 Å². The molecule has 0 aliphatic heterocycles. The molecule has 2 aromatic rings. The molecule has 1 fully saturated rings. The predicted molar refractivity (Wildman–Crippen MR) is 77.7 cm³/mol. The number of anilines is 1. The number of nitrogens with zero attached hydrogens (tertiary/aromatic N) is 3. The van der Waals surface area contributed by atoms with E-state index in [4.69, 9.17) is 5.73 Å². The highest BCUT2D eigenvalue weighted by Crippen LogP contribution is 2.24. The first-order valence-electron chi connectivity index (χ1n) is 6.84. The second-order valence-electron chi connectivity index (χ2n) is 5.24. The summed E-state index contributed by atoms with van der Waals surface area (Å²) in [5, 5.41) is 4.35. The van der Waals surface area contributed by atoms with Crippen LogP contribution in [0.25, 0.3) is 5.69 Å². The van der Waals surface area contributed by atoms with Crippen LogP contribution in [0.4, 0.5) is 5.69 Å². The maximum absolute atomic E-state index is 12.3. The number of carbonyl (C=O) groups excluding carboxylic acids is 1. The van der Waals surface area contributed by atoms with Crippen molar-refractivity contribution >= 4 is 11.6 Å². The van der Waals surface area contributed by atoms with E-state index in [1.165, 1.54) is 6.42 Å². The Bertz CT molecular complexity index is 630. The molecule has 3 rings (SSSR count). The molecule has 0 radical (unpaired) electrons. The van der Waals surface area contributed by atoms with Gasteiger partial charge < -0.3 is 10.6 Å². The van der Waals surface area contributed by atoms with Crippen molar-refractivity contribution in [1.29, 1.82) is 0 Å². The van der Waals surface area contributed by atoms with Gasteiger partial charge in [0.15, 0.2) is 5.69 Å². The van der Waals surface area contributed by atoms with Crippen molar-refractivity contribution in [3.05, 3.63) is 42.2 Å². The van der Waals surface area contributed by atoms with Gasteiger partial charge in [0.2, 0.25) is 0 Å². The van der Waals surface area contributed by atoms with Gasteiger partial charge in [-0.15, -0.1) is 0 Å². The third-order valence-corrected chi connectivity index (χ3v) is 3.89. The Kier molecular flexibility index (Phi) is 3.18. The highest BCUT2D eigenvalue weighted by molar-refractivity contribution is 5.92. The van der Waals surface area contributed by atoms with E-state index < -0.39 is 0 Å². The van der Waals surface area contributed by atoms with Gasteiger partial charge in [0, 0.05) is 25.0 Å². The lowest BCUT2D eigenvalue weighted by molar-refractivity contribution is 0.0645. The van der Waals surface area contributed by atoms with E-state index in [-0.39, 0.29) is 5.91 Å². The number of carbonyl (C=O) groups is 1. The van der Waals surface area contributed by atoms with E-state index in [1.807, 2.05) is 31.3 Å². The zero-order valence-electron chi connectivity index (χ0n) is 11.5. The van der Waals surface area contributed by atoms with Crippen LogP contribution in [0.15, 0.2) is 36.5 Å². The largest absolute Gasteiger partial charge is 0.399 e. The Morgan fingerprint density at radius 1 is 1.40 bits per heavy atom. The topological polar surface area (TPSA) is 64.2 Å². The summed E-state index contributed by atoms with van der Waals surface area (Å²) in [6, 6.07) is 9.56. The Labute approximate surface area is 118 Å². The van der Waals surface area contributed by atoms with Crippen molar-refractivity contribution in [3.8, 4) is 5.69 Å². The minimum atomic E-state index is -0.0163. The molecule has 1 saturated carbocycles. The molecule has 0 unspecified atom stereocenters. The molecule has 1 amide bonds. The highest BCUT2D eigenvalue weighted by atomic mass is 16.2. The van der Waals surface area contributed by atoms with Crippen molar-refractivity contribution in [2.45, 2.75) is 25.3 Å². The fraction of sp³-hybridized carbons (Fsp3) is 0.333. The highest BCUT2D eigenvalue weighted by Gasteiger charge is 2.27. The van der Waals surface area contributed by atoms with E-state index in [0.29, 0.717) is 17.4 Å². The summed E-state index contributed by atoms with van der Waals surface area (Å²) in [5.41, 5.74) is 7.77. The number of rotatable bonds is 3. The summed E-state index contributed by atoms with van der Waals surface area (Å²) in [5.74, 6) is -0.0163. The molecule has 0 saturated heterocycles. The summed E-state index contributed by atoms with van der Waals surface area (Å²) in [6.45, 7) is 0. The number of amides is 1. The fourth-order valence-corrected chi connectivity index (χ4v) is 2.37. The predicted octanol–water partition coefficient (Wildman–Crippen LogP) is 2.08. The first-order chi connectivity index (χ1) is 9.65. The van der Waals surface area contributed by atoms with Crippen LogP contribution in [-0.4, -0.2) is 33.7 Å². The van der Waals surface area contributed by atoms with Gasteiger partial charge in [-0.05, 0) is 43.5 Å². The molecule has 0 bridgehead atoms.